The molecule has 13 aliphatic rings. The second kappa shape index (κ2) is 32.2. The molecule has 0 radical (unpaired) electrons. The summed E-state index contributed by atoms with van der Waals surface area (Å²) in [5, 5.41) is 0. The summed E-state index contributed by atoms with van der Waals surface area (Å²) in [5.74, 6) is 10.2. The molecule has 8 saturated carbocycles. The molecule has 0 aliphatic heterocycles. The number of hydrogen-bond acceptors (Lipinski definition) is 6. The van der Waals surface area contributed by atoms with Crippen molar-refractivity contribution in [2.45, 2.75) is 99.7 Å². The van der Waals surface area contributed by atoms with Crippen LogP contribution in [0, 0.1) is 61.2 Å². The van der Waals surface area contributed by atoms with Gasteiger partial charge in [-0.3, -0.25) is 0 Å². The third-order valence-electron chi connectivity index (χ3n) is 36.2. The predicted molar refractivity (Wildman–Crippen MR) is 584 cm³/mol. The highest BCUT2D eigenvalue weighted by Gasteiger charge is 2.64. The number of aromatic nitrogens is 6. The molecule has 2 heterocycles. The van der Waals surface area contributed by atoms with E-state index in [0.717, 1.165) is 73.7 Å². The van der Waals surface area contributed by atoms with Gasteiger partial charge in [0.15, 0.2) is 34.9 Å². The zero-order valence-electron chi connectivity index (χ0n) is 80.8. The van der Waals surface area contributed by atoms with Crippen LogP contribution >= 0.6 is 0 Å². The molecular weight excluding hydrogens is 1740 g/mol. The van der Waals surface area contributed by atoms with Crippen molar-refractivity contribution in [3.05, 3.63) is 503 Å². The van der Waals surface area contributed by atoms with Crippen LogP contribution in [0.4, 0.5) is 0 Å². The highest BCUT2D eigenvalue weighted by Crippen LogP contribution is 2.73. The van der Waals surface area contributed by atoms with Gasteiger partial charge in [-0.2, -0.15) is 0 Å². The van der Waals surface area contributed by atoms with Crippen LogP contribution in [0.1, 0.15) is 142 Å². The molecule has 6 nitrogen and oxygen atoms in total. The number of benzene rings is 18. The number of fused-ring (bicyclic) bond motifs is 19. The second-order valence-corrected chi connectivity index (χ2v) is 43.6. The second-order valence-electron chi connectivity index (χ2n) is 43.6. The molecule has 8 bridgehead atoms. The Kier molecular flexibility index (Phi) is 18.8. The van der Waals surface area contributed by atoms with E-state index in [-0.39, 0.29) is 10.8 Å². The molecule has 0 saturated heterocycles. The highest BCUT2D eigenvalue weighted by atomic mass is 15.0. The van der Waals surface area contributed by atoms with Gasteiger partial charge in [0, 0.05) is 44.2 Å². The summed E-state index contributed by atoms with van der Waals surface area (Å²) >= 11 is 0. The zero-order chi connectivity index (χ0) is 94.8. The lowest BCUT2D eigenvalue weighted by Gasteiger charge is -2.61. The van der Waals surface area contributed by atoms with Gasteiger partial charge in [0.1, 0.15) is 0 Å². The van der Waals surface area contributed by atoms with Crippen LogP contribution in [0.2, 0.25) is 0 Å². The van der Waals surface area contributed by atoms with E-state index in [1.807, 2.05) is 24.3 Å². The van der Waals surface area contributed by atoms with E-state index in [9.17, 15) is 0 Å². The molecule has 33 rings (SSSR count). The first-order valence-corrected chi connectivity index (χ1v) is 52.4. The maximum absolute atomic E-state index is 5.35. The topological polar surface area (TPSA) is 77.3 Å². The van der Waals surface area contributed by atoms with Crippen molar-refractivity contribution in [1.29, 1.82) is 0 Å². The van der Waals surface area contributed by atoms with Crippen LogP contribution in [-0.4, -0.2) is 29.9 Å². The summed E-state index contributed by atoms with van der Waals surface area (Å²) in [6.45, 7) is 4.53. The van der Waals surface area contributed by atoms with Crippen LogP contribution in [-0.2, 0) is 21.7 Å². The van der Waals surface area contributed by atoms with Crippen molar-refractivity contribution in [3.8, 4) is 168 Å². The van der Waals surface area contributed by atoms with Gasteiger partial charge in [0.05, 0.1) is 10.8 Å². The number of hydrogen-bond donors (Lipinski definition) is 0. The summed E-state index contributed by atoms with van der Waals surface area (Å²) in [7, 11) is 0. The average Bonchev–Trinajstić information content (AvgIpc) is 1.49. The quantitative estimate of drug-likeness (QED) is 0.121. The van der Waals surface area contributed by atoms with E-state index in [0.29, 0.717) is 58.6 Å². The lowest BCUT2D eigenvalue weighted by atomic mass is 9.43. The molecule has 3 spiro atoms. The molecule has 0 atom stereocenters. The molecule has 2 aromatic heterocycles. The van der Waals surface area contributed by atoms with Gasteiger partial charge in [0.25, 0.3) is 0 Å². The van der Waals surface area contributed by atoms with Crippen molar-refractivity contribution in [2.75, 3.05) is 0 Å². The zero-order valence-corrected chi connectivity index (χ0v) is 80.8. The van der Waals surface area contributed by atoms with Crippen LogP contribution in [0.15, 0.2) is 425 Å². The van der Waals surface area contributed by atoms with Gasteiger partial charge in [-0.15, -0.1) is 0 Å². The Morgan fingerprint density at radius 3 is 0.701 bits per heavy atom. The van der Waals surface area contributed by atoms with E-state index < -0.39 is 10.8 Å². The Morgan fingerprint density at radius 1 is 0.160 bits per heavy atom. The Morgan fingerprint density at radius 2 is 0.396 bits per heavy atom. The minimum absolute atomic E-state index is 0.0544. The van der Waals surface area contributed by atoms with E-state index in [1.54, 1.807) is 22.3 Å². The van der Waals surface area contributed by atoms with Gasteiger partial charge in [-0.1, -0.05) is 375 Å². The number of rotatable bonds is 12. The first-order valence-electron chi connectivity index (χ1n) is 52.4. The first-order chi connectivity index (χ1) is 71.0. The minimum Gasteiger partial charge on any atom is -0.208 e. The predicted octanol–water partition coefficient (Wildman–Crippen LogP) is 33.2. The summed E-state index contributed by atoms with van der Waals surface area (Å²) < 4.78 is 0. The number of nitrogens with zero attached hydrogens (tertiary/aromatic N) is 6. The molecular formula is C138H104N6. The van der Waals surface area contributed by atoms with E-state index in [1.165, 1.54) is 203 Å². The Hall–Kier alpha value is -16.0. The van der Waals surface area contributed by atoms with Gasteiger partial charge >= 0.3 is 0 Å². The Balaban J connectivity index is 0.000000134. The molecule has 0 amide bonds. The molecule has 0 N–H and O–H groups in total. The maximum Gasteiger partial charge on any atom is 0.164 e. The molecule has 144 heavy (non-hydrogen) atoms. The minimum atomic E-state index is -0.519. The molecule has 6 heteroatoms. The highest BCUT2D eigenvalue weighted by molar-refractivity contribution is 5.98. The smallest absolute Gasteiger partial charge is 0.164 e. The van der Waals surface area contributed by atoms with Crippen molar-refractivity contribution < 1.29 is 0 Å². The molecule has 20 aromatic rings. The van der Waals surface area contributed by atoms with E-state index in [4.69, 9.17) is 29.9 Å². The van der Waals surface area contributed by atoms with Crippen LogP contribution in [0.25, 0.3) is 168 Å². The van der Waals surface area contributed by atoms with Crippen LogP contribution in [0.5, 0.6) is 0 Å². The lowest BCUT2D eigenvalue weighted by molar-refractivity contribution is -0.0399. The van der Waals surface area contributed by atoms with Crippen molar-refractivity contribution in [1.82, 2.24) is 29.9 Å². The molecule has 13 aliphatic carbocycles. The third-order valence-corrected chi connectivity index (χ3v) is 36.2. The van der Waals surface area contributed by atoms with Crippen LogP contribution in [0.3, 0.4) is 0 Å². The average molecular weight is 1850 g/mol. The largest absolute Gasteiger partial charge is 0.208 e. The lowest BCUT2D eigenvalue weighted by Crippen LogP contribution is -2.55. The standard InChI is InChI=1S/C69H51N3.C69H53N3/c1-41-24-29-62-58(30-41)57-28-26-46(39-63(57)68(62)51-32-42-31-43(34-51)35-52(68)33-42)48-36-49(38-50(37-48)67-71-65(44-14-4-2-5-15-44)70-66(72-67)45-16-6-3-7-17-45)47-25-27-56-55-20-10-13-23-61(55)69(64(56)40-47)59-21-11-8-18-53(59)54-19-9-12-22-60(54)69;1-43-26-31-62-60(32-43)59-30-28-49(42-64(59)69(62)55-34-44-33-45(36-55)37-56(69)35-44)51-38-50(39-52(40-51)67-71-65(46-16-6-2-7-17-46)70-66(72-67)47-18-8-3-9-19-47)48-27-29-58-57-24-14-15-25-61(57)68(63(58)41-48,53-20-10-4-11-21-53)54-22-12-5-13-23-54/h2-30,36-40,42-43,51-52H,31-35H2,1H3;2-32,38-42,44-45,55-56H,33-37H2,1H3. The fraction of sp³-hybridized carbons (Fsp3) is 0.174. The summed E-state index contributed by atoms with van der Waals surface area (Å²) in [5.41, 5.74) is 47.4. The SMILES string of the molecule is Cc1ccc2c(c1)-c1ccc(-c3cc(-c4ccc5c(c4)C(c4ccccc4)(c4ccccc4)c4ccccc4-5)cc(-c4nc(-c5ccccc5)nc(-c5ccccc5)n4)c3)cc1C21C2CC3CC(C2)CC1C3.Cc1ccc2c(c1)-c1ccc(-c3cc(-c4ccc5c(c4)C4(c6ccccc6-c6ccccc64)c4ccccc4-5)cc(-c4nc(-c5ccccc5)nc(-c5ccccc5)n4)c3)cc1C21C2CC3CC(C2)CC1C3. The van der Waals surface area contributed by atoms with E-state index >= 15 is 0 Å². The summed E-state index contributed by atoms with van der Waals surface area (Å²) in [6.07, 6.45) is 13.7. The molecule has 8 fully saturated rings. The first kappa shape index (κ1) is 83.7. The molecule has 0 unspecified atom stereocenters. The Labute approximate surface area is 842 Å². The molecule has 686 valence electrons. The summed E-state index contributed by atoms with van der Waals surface area (Å²) in [6, 6.07) is 158. The fourth-order valence-electron chi connectivity index (χ4n) is 30.9. The normalized spacial score (nSPS) is 21.4. The van der Waals surface area contributed by atoms with Crippen LogP contribution < -0.4 is 0 Å². The molecule has 18 aromatic carbocycles. The van der Waals surface area contributed by atoms with Crippen molar-refractivity contribution in [3.63, 3.8) is 0 Å². The monoisotopic (exact) mass is 1840 g/mol. The van der Waals surface area contributed by atoms with Gasteiger partial charge < -0.3 is 0 Å². The Bertz CT molecular complexity index is 7980. The van der Waals surface area contributed by atoms with Crippen molar-refractivity contribution in [2.24, 2.45) is 47.3 Å². The fourth-order valence-corrected chi connectivity index (χ4v) is 30.9. The van der Waals surface area contributed by atoms with Gasteiger partial charge in [-0.05, 0) is 353 Å². The summed E-state index contributed by atoms with van der Waals surface area (Å²) in [4.78, 5) is 31.6. The third kappa shape index (κ3) is 12.4. The maximum atomic E-state index is 5.35. The van der Waals surface area contributed by atoms with Crippen molar-refractivity contribution >= 4 is 0 Å². The van der Waals surface area contributed by atoms with Gasteiger partial charge in [-0.25, -0.2) is 29.9 Å². The van der Waals surface area contributed by atoms with E-state index in [2.05, 4.69) is 414 Å². The number of aryl methyl sites for hydroxylation is 2. The van der Waals surface area contributed by atoms with Gasteiger partial charge in [0.2, 0.25) is 0 Å².